The van der Waals surface area contributed by atoms with Gasteiger partial charge in [-0.2, -0.15) is 0 Å². The number of hydrogen-bond donors (Lipinski definition) is 2. The molecule has 0 bridgehead atoms. The monoisotopic (exact) mass is 231 g/mol. The van der Waals surface area contributed by atoms with Crippen molar-refractivity contribution in [3.63, 3.8) is 0 Å². The van der Waals surface area contributed by atoms with E-state index in [9.17, 15) is 0 Å². The average Bonchev–Trinajstić information content (AvgIpc) is 2.74. The number of H-pyrrole nitrogens is 1. The van der Waals surface area contributed by atoms with Crippen LogP contribution in [0.4, 0.5) is 0 Å². The van der Waals surface area contributed by atoms with E-state index < -0.39 is 0 Å². The molecule has 1 unspecified atom stereocenters. The highest BCUT2D eigenvalue weighted by Gasteiger charge is 2.11. The number of nitrogens with two attached hydrogens (primary N) is 1. The zero-order valence-corrected chi connectivity index (χ0v) is 10.1. The molecule has 1 aromatic heterocycles. The maximum Gasteiger partial charge on any atom is 0.238 e. The van der Waals surface area contributed by atoms with Crippen LogP contribution in [0.15, 0.2) is 30.3 Å². The van der Waals surface area contributed by atoms with E-state index in [1.54, 1.807) is 0 Å². The molecule has 17 heavy (non-hydrogen) atoms. The van der Waals surface area contributed by atoms with E-state index in [1.165, 1.54) is 0 Å². The van der Waals surface area contributed by atoms with Gasteiger partial charge in [-0.3, -0.25) is 5.10 Å². The molecule has 2 aromatic rings. The zero-order valence-electron chi connectivity index (χ0n) is 10.1. The molecular formula is C13H17N3O. The van der Waals surface area contributed by atoms with Gasteiger partial charge in [0, 0.05) is 23.4 Å². The third-order valence-corrected chi connectivity index (χ3v) is 2.66. The summed E-state index contributed by atoms with van der Waals surface area (Å²) in [6.07, 6.45) is 0.875. The second-order valence-electron chi connectivity index (χ2n) is 4.04. The van der Waals surface area contributed by atoms with Crippen molar-refractivity contribution in [2.45, 2.75) is 26.3 Å². The average molecular weight is 231 g/mol. The Labute approximate surface area is 101 Å². The molecule has 3 N–H and O–H groups in total. The number of para-hydroxylation sites is 1. The molecule has 4 heteroatoms. The molecule has 0 radical (unpaired) electrons. The molecule has 0 aliphatic rings. The molecule has 0 amide bonds. The molecule has 4 nitrogen and oxygen atoms in total. The Balaban J connectivity index is 2.26. The van der Waals surface area contributed by atoms with Crippen LogP contribution in [0.2, 0.25) is 0 Å². The van der Waals surface area contributed by atoms with Crippen LogP contribution in [0.3, 0.4) is 0 Å². The minimum absolute atomic E-state index is 0.00811. The van der Waals surface area contributed by atoms with Crippen LogP contribution in [0, 0.1) is 6.92 Å². The largest absolute Gasteiger partial charge is 0.437 e. The molecule has 0 aliphatic carbocycles. The van der Waals surface area contributed by atoms with Gasteiger partial charge < -0.3 is 10.5 Å². The summed E-state index contributed by atoms with van der Waals surface area (Å²) in [6.45, 7) is 3.99. The molecule has 1 atom stereocenters. The first-order valence-corrected chi connectivity index (χ1v) is 5.75. The Morgan fingerprint density at radius 3 is 2.82 bits per heavy atom. The van der Waals surface area contributed by atoms with Crippen molar-refractivity contribution in [2.75, 3.05) is 0 Å². The van der Waals surface area contributed by atoms with Crippen molar-refractivity contribution in [2.24, 2.45) is 5.73 Å². The standard InChI is InChI=1S/C13H17N3O/c1-3-11(14)10-6-4-5-7-12(10)17-13-8-9(2)15-16-13/h4-8,11H,3,14H2,1-2H3,(H,15,16). The van der Waals surface area contributed by atoms with Crippen molar-refractivity contribution in [1.29, 1.82) is 0 Å². The number of aromatic nitrogens is 2. The summed E-state index contributed by atoms with van der Waals surface area (Å²) in [6, 6.07) is 9.65. The van der Waals surface area contributed by atoms with Crippen LogP contribution < -0.4 is 10.5 Å². The second-order valence-corrected chi connectivity index (χ2v) is 4.04. The first-order chi connectivity index (χ1) is 8.20. The Hall–Kier alpha value is -1.81. The van der Waals surface area contributed by atoms with Gasteiger partial charge in [0.15, 0.2) is 0 Å². The number of benzene rings is 1. The van der Waals surface area contributed by atoms with Crippen molar-refractivity contribution < 1.29 is 4.74 Å². The van der Waals surface area contributed by atoms with Gasteiger partial charge in [-0.1, -0.05) is 25.1 Å². The Kier molecular flexibility index (Phi) is 3.44. The molecule has 0 saturated heterocycles. The fourth-order valence-electron chi connectivity index (χ4n) is 1.66. The van der Waals surface area contributed by atoms with Crippen LogP contribution in [-0.2, 0) is 0 Å². The van der Waals surface area contributed by atoms with Crippen LogP contribution in [0.25, 0.3) is 0 Å². The highest BCUT2D eigenvalue weighted by Crippen LogP contribution is 2.28. The Bertz CT molecular complexity index is 493. The quantitative estimate of drug-likeness (QED) is 0.850. The van der Waals surface area contributed by atoms with Gasteiger partial charge in [0.1, 0.15) is 5.75 Å². The van der Waals surface area contributed by atoms with E-state index in [2.05, 4.69) is 17.1 Å². The number of aryl methyl sites for hydroxylation is 1. The summed E-state index contributed by atoms with van der Waals surface area (Å²) in [5, 5.41) is 6.89. The summed E-state index contributed by atoms with van der Waals surface area (Å²) in [7, 11) is 0. The number of hydrogen-bond acceptors (Lipinski definition) is 3. The number of aromatic amines is 1. The van der Waals surface area contributed by atoms with E-state index in [-0.39, 0.29) is 6.04 Å². The maximum atomic E-state index is 6.05. The summed E-state index contributed by atoms with van der Waals surface area (Å²) in [5.74, 6) is 1.34. The normalized spacial score (nSPS) is 12.4. The van der Waals surface area contributed by atoms with Crippen LogP contribution in [0.5, 0.6) is 11.6 Å². The predicted octanol–water partition coefficient (Wildman–Crippen LogP) is 2.92. The summed E-state index contributed by atoms with van der Waals surface area (Å²) >= 11 is 0. The highest BCUT2D eigenvalue weighted by atomic mass is 16.5. The van der Waals surface area contributed by atoms with Gasteiger partial charge in [-0.25, -0.2) is 0 Å². The lowest BCUT2D eigenvalue weighted by atomic mass is 10.0. The van der Waals surface area contributed by atoms with Crippen LogP contribution >= 0.6 is 0 Å². The lowest BCUT2D eigenvalue weighted by molar-refractivity contribution is 0.449. The summed E-state index contributed by atoms with van der Waals surface area (Å²) in [5.41, 5.74) is 8.03. The number of ether oxygens (including phenoxy) is 1. The summed E-state index contributed by atoms with van der Waals surface area (Å²) < 4.78 is 5.73. The topological polar surface area (TPSA) is 63.9 Å². The van der Waals surface area contributed by atoms with Gasteiger partial charge in [0.2, 0.25) is 5.88 Å². The van der Waals surface area contributed by atoms with E-state index in [1.807, 2.05) is 37.3 Å². The minimum atomic E-state index is -0.00811. The maximum absolute atomic E-state index is 6.05. The Morgan fingerprint density at radius 1 is 1.41 bits per heavy atom. The van der Waals surface area contributed by atoms with E-state index in [0.717, 1.165) is 23.4 Å². The van der Waals surface area contributed by atoms with Gasteiger partial charge in [-0.15, -0.1) is 5.10 Å². The molecule has 1 aromatic carbocycles. The molecule has 0 fully saturated rings. The zero-order chi connectivity index (χ0) is 12.3. The Morgan fingerprint density at radius 2 is 2.18 bits per heavy atom. The third-order valence-electron chi connectivity index (χ3n) is 2.66. The minimum Gasteiger partial charge on any atom is -0.437 e. The number of nitrogens with one attached hydrogen (secondary N) is 1. The van der Waals surface area contributed by atoms with E-state index in [4.69, 9.17) is 10.5 Å². The van der Waals surface area contributed by atoms with Gasteiger partial charge in [-0.05, 0) is 19.4 Å². The molecule has 0 aliphatic heterocycles. The van der Waals surface area contributed by atoms with Crippen molar-refractivity contribution >= 4 is 0 Å². The van der Waals surface area contributed by atoms with Gasteiger partial charge in [0.05, 0.1) is 0 Å². The van der Waals surface area contributed by atoms with Gasteiger partial charge >= 0.3 is 0 Å². The van der Waals surface area contributed by atoms with Crippen molar-refractivity contribution in [3.8, 4) is 11.6 Å². The first-order valence-electron chi connectivity index (χ1n) is 5.75. The molecule has 2 rings (SSSR count). The first kappa shape index (κ1) is 11.7. The van der Waals surface area contributed by atoms with Crippen LogP contribution in [0.1, 0.15) is 30.6 Å². The SMILES string of the molecule is CCC(N)c1ccccc1Oc1cc(C)[nH]n1. The van der Waals surface area contributed by atoms with E-state index in [0.29, 0.717) is 5.88 Å². The fourth-order valence-corrected chi connectivity index (χ4v) is 1.66. The fraction of sp³-hybridized carbons (Fsp3) is 0.308. The smallest absolute Gasteiger partial charge is 0.238 e. The molecule has 90 valence electrons. The second kappa shape index (κ2) is 5.01. The van der Waals surface area contributed by atoms with Crippen LogP contribution in [-0.4, -0.2) is 10.2 Å². The highest BCUT2D eigenvalue weighted by molar-refractivity contribution is 5.38. The number of nitrogens with zero attached hydrogens (tertiary/aromatic N) is 1. The molecule has 1 heterocycles. The van der Waals surface area contributed by atoms with Gasteiger partial charge in [0.25, 0.3) is 0 Å². The van der Waals surface area contributed by atoms with Crippen molar-refractivity contribution in [3.05, 3.63) is 41.6 Å². The summed E-state index contributed by atoms with van der Waals surface area (Å²) in [4.78, 5) is 0. The predicted molar refractivity (Wildman–Crippen MR) is 67.1 cm³/mol. The lowest BCUT2D eigenvalue weighted by Gasteiger charge is -2.13. The third kappa shape index (κ3) is 2.65. The van der Waals surface area contributed by atoms with Crippen molar-refractivity contribution in [1.82, 2.24) is 10.2 Å². The lowest BCUT2D eigenvalue weighted by Crippen LogP contribution is -2.09. The molecule has 0 saturated carbocycles. The molecular weight excluding hydrogens is 214 g/mol. The number of rotatable bonds is 4. The van der Waals surface area contributed by atoms with E-state index >= 15 is 0 Å². The molecule has 0 spiro atoms.